The number of aliphatic hydroxyl groups is 1. The lowest BCUT2D eigenvalue weighted by molar-refractivity contribution is -0.575. The second kappa shape index (κ2) is 8.77. The molecule has 5 atom stereocenters. The van der Waals surface area contributed by atoms with Crippen LogP contribution in [0.3, 0.4) is 0 Å². The third-order valence-electron chi connectivity index (χ3n) is 6.50. The fourth-order valence-electron chi connectivity index (χ4n) is 4.93. The maximum absolute atomic E-state index is 13.5. The minimum Gasteiger partial charge on any atom is -0.393 e. The van der Waals surface area contributed by atoms with E-state index >= 15 is 0 Å². The van der Waals surface area contributed by atoms with Crippen molar-refractivity contribution >= 4 is 45.4 Å². The predicted molar refractivity (Wildman–Crippen MR) is 129 cm³/mol. The van der Waals surface area contributed by atoms with E-state index in [2.05, 4.69) is 4.98 Å². The van der Waals surface area contributed by atoms with Crippen LogP contribution in [-0.2, 0) is 14.3 Å². The minimum atomic E-state index is -1.72. The molecule has 5 rings (SSSR count). The zero-order valence-electron chi connectivity index (χ0n) is 19.0. The first-order valence-corrected chi connectivity index (χ1v) is 12.9. The Morgan fingerprint density at radius 2 is 2.06 bits per heavy atom. The number of carbonyl (C=O) groups is 2. The molecule has 4 heterocycles. The van der Waals surface area contributed by atoms with Gasteiger partial charge in [-0.05, 0) is 25.3 Å². The largest absolute Gasteiger partial charge is 0.393 e. The summed E-state index contributed by atoms with van der Waals surface area (Å²) in [4.78, 5) is 44.9. The number of aromatic nitrogens is 2. The molecule has 3 aromatic rings. The number of rotatable bonds is 7. The zero-order chi connectivity index (χ0) is 25.0. The van der Waals surface area contributed by atoms with Gasteiger partial charge in [-0.2, -0.15) is 0 Å². The van der Waals surface area contributed by atoms with Gasteiger partial charge in [-0.25, -0.2) is 9.78 Å². The van der Waals surface area contributed by atoms with Crippen molar-refractivity contribution in [1.29, 1.82) is 0 Å². The van der Waals surface area contributed by atoms with E-state index in [0.717, 1.165) is 14.7 Å². The molecule has 10 nitrogen and oxygen atoms in total. The van der Waals surface area contributed by atoms with E-state index < -0.39 is 41.1 Å². The number of nitro groups is 1. The third kappa shape index (κ3) is 3.63. The molecule has 2 aromatic heterocycles. The summed E-state index contributed by atoms with van der Waals surface area (Å²) in [5.74, 6) is -2.31. The van der Waals surface area contributed by atoms with Crippen molar-refractivity contribution in [3.63, 3.8) is 0 Å². The van der Waals surface area contributed by atoms with Crippen LogP contribution < -0.4 is 0 Å². The van der Waals surface area contributed by atoms with Gasteiger partial charge in [0.05, 0.1) is 33.4 Å². The lowest BCUT2D eigenvalue weighted by atomic mass is 9.77. The molecule has 35 heavy (non-hydrogen) atoms. The molecule has 1 fully saturated rings. The number of β-lactam (4-membered cyclic amide) rings is 1. The van der Waals surface area contributed by atoms with Crippen LogP contribution in [0.1, 0.15) is 30.5 Å². The number of thiazole rings is 1. The Kier molecular flexibility index (Phi) is 5.90. The van der Waals surface area contributed by atoms with Gasteiger partial charge in [0.1, 0.15) is 21.9 Å². The molecule has 12 heteroatoms. The summed E-state index contributed by atoms with van der Waals surface area (Å²) in [5.41, 5.74) is 0.788. The molecule has 182 valence electrons. The van der Waals surface area contributed by atoms with Crippen LogP contribution in [0.15, 0.2) is 53.6 Å². The van der Waals surface area contributed by atoms with Gasteiger partial charge in [0, 0.05) is 17.7 Å². The Hall–Kier alpha value is -3.22. The highest BCUT2D eigenvalue weighted by atomic mass is 32.2. The first-order valence-electron chi connectivity index (χ1n) is 10.9. The van der Waals surface area contributed by atoms with Crippen molar-refractivity contribution in [1.82, 2.24) is 14.3 Å². The van der Waals surface area contributed by atoms with Crippen LogP contribution in [0, 0.1) is 22.0 Å². The normalized spacial score (nSPS) is 23.3. The fourth-order valence-corrected chi connectivity index (χ4v) is 6.85. The molecule has 0 saturated carbocycles. The second-order valence-electron chi connectivity index (χ2n) is 8.53. The molecular weight excluding hydrogens is 492 g/mol. The highest BCUT2D eigenvalue weighted by molar-refractivity contribution is 7.98. The van der Waals surface area contributed by atoms with E-state index in [1.165, 1.54) is 40.1 Å². The van der Waals surface area contributed by atoms with E-state index in [-0.39, 0.29) is 17.2 Å². The number of ether oxygens (including phenoxy) is 1. The van der Waals surface area contributed by atoms with Gasteiger partial charge in [0.2, 0.25) is 5.91 Å². The lowest BCUT2D eigenvalue weighted by Gasteiger charge is -2.46. The van der Waals surface area contributed by atoms with Crippen LogP contribution in [-0.4, -0.2) is 54.6 Å². The molecule has 0 radical (unpaired) electrons. The number of benzene rings is 1. The summed E-state index contributed by atoms with van der Waals surface area (Å²) in [5, 5.41) is 22.8. The molecule has 0 bridgehead atoms. The SMILES string of the molecule is CSc1ncn2cc(C3=C(C(=O)OC(c4ccccc4)[N+](=O)[O-])N4C(=O)[C@H]([C@@H](C)O)[C@H]4[C@H]3C)sc12. The quantitative estimate of drug-likeness (QED) is 0.127. The lowest BCUT2D eigenvalue weighted by Crippen LogP contribution is -2.63. The highest BCUT2D eigenvalue weighted by Crippen LogP contribution is 2.52. The summed E-state index contributed by atoms with van der Waals surface area (Å²) >= 11 is 2.92. The summed E-state index contributed by atoms with van der Waals surface area (Å²) in [7, 11) is 0. The maximum Gasteiger partial charge on any atom is 0.383 e. The van der Waals surface area contributed by atoms with Gasteiger partial charge in [0.15, 0.2) is 0 Å². The Balaban J connectivity index is 1.60. The number of imidazole rings is 1. The number of nitrogens with zero attached hydrogens (tertiary/aromatic N) is 4. The van der Waals surface area contributed by atoms with Gasteiger partial charge < -0.3 is 14.7 Å². The number of hydrogen-bond donors (Lipinski definition) is 1. The molecule has 0 spiro atoms. The van der Waals surface area contributed by atoms with Crippen molar-refractivity contribution in [2.45, 2.75) is 37.2 Å². The number of thioether (sulfide) groups is 1. The van der Waals surface area contributed by atoms with E-state index in [0.29, 0.717) is 5.57 Å². The Bertz CT molecular complexity index is 1360. The van der Waals surface area contributed by atoms with Crippen LogP contribution >= 0.6 is 23.1 Å². The molecule has 1 amide bonds. The van der Waals surface area contributed by atoms with Crippen molar-refractivity contribution in [3.05, 3.63) is 69.1 Å². The third-order valence-corrected chi connectivity index (χ3v) is 8.46. The number of carbonyl (C=O) groups excluding carboxylic acids is 2. The summed E-state index contributed by atoms with van der Waals surface area (Å²) in [6, 6.07) is 7.52. The van der Waals surface area contributed by atoms with Gasteiger partial charge in [-0.3, -0.25) is 19.3 Å². The summed E-state index contributed by atoms with van der Waals surface area (Å²) in [6.07, 6.45) is 2.81. The predicted octanol–water partition coefficient (Wildman–Crippen LogP) is 3.21. The van der Waals surface area contributed by atoms with E-state index in [4.69, 9.17) is 4.74 Å². The molecule has 2 aliphatic heterocycles. The van der Waals surface area contributed by atoms with E-state index in [9.17, 15) is 24.8 Å². The second-order valence-corrected chi connectivity index (χ2v) is 10.4. The molecule has 1 N–H and O–H groups in total. The van der Waals surface area contributed by atoms with Crippen LogP contribution in [0.4, 0.5) is 0 Å². The zero-order valence-corrected chi connectivity index (χ0v) is 20.7. The first kappa shape index (κ1) is 23.5. The molecule has 1 aromatic carbocycles. The van der Waals surface area contributed by atoms with E-state index in [1.54, 1.807) is 31.5 Å². The number of fused-ring (bicyclic) bond motifs is 2. The smallest absolute Gasteiger partial charge is 0.383 e. The van der Waals surface area contributed by atoms with E-state index in [1.807, 2.05) is 23.8 Å². The number of esters is 1. The topological polar surface area (TPSA) is 127 Å². The Morgan fingerprint density at radius 3 is 2.69 bits per heavy atom. The first-order chi connectivity index (χ1) is 16.7. The van der Waals surface area contributed by atoms with Gasteiger partial charge in [-0.1, -0.05) is 25.1 Å². The summed E-state index contributed by atoms with van der Waals surface area (Å²) in [6.45, 7) is 3.44. The highest BCUT2D eigenvalue weighted by Gasteiger charge is 2.60. The van der Waals surface area contributed by atoms with Crippen molar-refractivity contribution < 1.29 is 24.4 Å². The monoisotopic (exact) mass is 514 g/mol. The van der Waals surface area contributed by atoms with Gasteiger partial charge >= 0.3 is 12.2 Å². The molecule has 0 aliphatic carbocycles. The Labute approximate surface area is 208 Å². The van der Waals surface area contributed by atoms with Crippen LogP contribution in [0.25, 0.3) is 10.4 Å². The van der Waals surface area contributed by atoms with Crippen LogP contribution in [0.5, 0.6) is 0 Å². The number of hydrogen-bond acceptors (Lipinski definition) is 9. The molecule has 1 saturated heterocycles. The van der Waals surface area contributed by atoms with Crippen molar-refractivity contribution in [2.75, 3.05) is 6.26 Å². The van der Waals surface area contributed by atoms with Crippen LogP contribution in [0.2, 0.25) is 0 Å². The average Bonchev–Trinajstić information content (AvgIpc) is 3.47. The molecular formula is C23H22N4O6S2. The fraction of sp³-hybridized carbons (Fsp3) is 0.348. The average molecular weight is 515 g/mol. The van der Waals surface area contributed by atoms with Crippen molar-refractivity contribution in [2.24, 2.45) is 11.8 Å². The van der Waals surface area contributed by atoms with Gasteiger partial charge in [-0.15, -0.1) is 23.1 Å². The van der Waals surface area contributed by atoms with Crippen molar-refractivity contribution in [3.8, 4) is 0 Å². The van der Waals surface area contributed by atoms with Gasteiger partial charge in [0.25, 0.3) is 0 Å². The maximum atomic E-state index is 13.5. The Morgan fingerprint density at radius 1 is 1.34 bits per heavy atom. The standard InChI is InChI=1S/C23H22N4O6S2/c1-11-15(14-9-25-10-24-19(34-3)22(25)35-14)18(26-17(11)16(12(2)28)20(26)29)23(30)33-21(27(31)32)13-7-5-4-6-8-13/h4-12,16-17,21,28H,1-3H3/t11-,12+,16+,17+,21?/m0/s1. The number of amides is 1. The minimum absolute atomic E-state index is 0.00431. The number of aliphatic hydroxyl groups excluding tert-OH is 1. The molecule has 2 aliphatic rings. The summed E-state index contributed by atoms with van der Waals surface area (Å²) < 4.78 is 7.26. The molecule has 1 unspecified atom stereocenters.